The fourth-order valence-electron chi connectivity index (χ4n) is 3.06. The Kier molecular flexibility index (Phi) is 7.69. The molecule has 3 aromatic carbocycles. The molecule has 172 valence electrons. The van der Waals surface area contributed by atoms with Gasteiger partial charge in [-0.2, -0.15) is 0 Å². The van der Waals surface area contributed by atoms with E-state index in [-0.39, 0.29) is 19.0 Å². The number of para-hydroxylation sites is 1. The molecule has 0 aliphatic rings. The van der Waals surface area contributed by atoms with Crippen LogP contribution in [0.4, 0.5) is 0 Å². The monoisotopic (exact) mass is 539 g/mol. The SMILES string of the molecule is O=C(COC[n+]1cc2ccccc2s1)NC(=Cc1ccc(Oc2ccccc2Br)cc1)C(=O)O. The standard InChI is InChI=1S/C25H19BrN2O5S/c26-20-6-2-3-7-22(20)33-19-11-9-17(10-12-19)13-21(25(30)31)27-24(29)15-32-16-28-14-18-5-1-4-8-23(18)34-28/h1-14H,15-16H2,(H-,27,29,30,31)/p+1. The third kappa shape index (κ3) is 6.28. The van der Waals surface area contributed by atoms with Crippen LogP contribution in [-0.4, -0.2) is 23.6 Å². The molecule has 0 aliphatic carbocycles. The highest BCUT2D eigenvalue weighted by molar-refractivity contribution is 9.10. The zero-order valence-electron chi connectivity index (χ0n) is 17.8. The quantitative estimate of drug-likeness (QED) is 0.232. The van der Waals surface area contributed by atoms with Crippen LogP contribution >= 0.6 is 27.5 Å². The van der Waals surface area contributed by atoms with Crippen LogP contribution in [0.2, 0.25) is 0 Å². The molecule has 4 rings (SSSR count). The van der Waals surface area contributed by atoms with Gasteiger partial charge in [0.25, 0.3) is 12.6 Å². The number of rotatable bonds is 9. The number of carboxylic acids is 1. The van der Waals surface area contributed by atoms with Gasteiger partial charge in [-0.15, -0.1) is 3.96 Å². The van der Waals surface area contributed by atoms with Gasteiger partial charge < -0.3 is 19.9 Å². The molecular weight excluding hydrogens is 520 g/mol. The molecule has 0 saturated carbocycles. The highest BCUT2D eigenvalue weighted by Crippen LogP contribution is 2.29. The first kappa shape index (κ1) is 23.6. The first-order chi connectivity index (χ1) is 16.5. The van der Waals surface area contributed by atoms with Crippen LogP contribution in [0.15, 0.2) is 89.2 Å². The lowest BCUT2D eigenvalue weighted by molar-refractivity contribution is -0.669. The molecule has 9 heteroatoms. The molecular formula is C25H20BrN2O5S+. The smallest absolute Gasteiger partial charge is 0.352 e. The number of carboxylic acid groups (broad SMARTS) is 1. The number of nitrogens with zero attached hydrogens (tertiary/aromatic N) is 1. The molecule has 0 fully saturated rings. The molecule has 2 N–H and O–H groups in total. The Hall–Kier alpha value is -3.53. The largest absolute Gasteiger partial charge is 0.477 e. The summed E-state index contributed by atoms with van der Waals surface area (Å²) in [6.07, 6.45) is 3.31. The highest BCUT2D eigenvalue weighted by atomic mass is 79.9. The summed E-state index contributed by atoms with van der Waals surface area (Å²) in [5.41, 5.74) is 0.349. The van der Waals surface area contributed by atoms with Gasteiger partial charge in [-0.05, 0) is 64.0 Å². The summed E-state index contributed by atoms with van der Waals surface area (Å²) in [6.45, 7) is -0.0809. The number of halogens is 1. The Morgan fingerprint density at radius 3 is 2.50 bits per heavy atom. The number of amides is 1. The lowest BCUT2D eigenvalue weighted by Gasteiger charge is -2.08. The lowest BCUT2D eigenvalue weighted by atomic mass is 10.2. The first-order valence-electron chi connectivity index (χ1n) is 10.2. The molecule has 0 bridgehead atoms. The number of fused-ring (bicyclic) bond motifs is 1. The second-order valence-corrected chi connectivity index (χ2v) is 9.11. The number of hydrogen-bond donors (Lipinski definition) is 2. The molecule has 1 heterocycles. The summed E-state index contributed by atoms with van der Waals surface area (Å²) in [4.78, 5) is 23.9. The molecule has 34 heavy (non-hydrogen) atoms. The second-order valence-electron chi connectivity index (χ2n) is 7.17. The fraction of sp³-hybridized carbons (Fsp3) is 0.0800. The van der Waals surface area contributed by atoms with Crippen molar-refractivity contribution >= 4 is 55.5 Å². The third-order valence-electron chi connectivity index (χ3n) is 4.63. The van der Waals surface area contributed by atoms with Crippen LogP contribution in [0.25, 0.3) is 16.2 Å². The summed E-state index contributed by atoms with van der Waals surface area (Å²) in [6, 6.07) is 22.2. The van der Waals surface area contributed by atoms with Crippen LogP contribution in [-0.2, 0) is 21.1 Å². The van der Waals surface area contributed by atoms with E-state index in [9.17, 15) is 14.7 Å². The summed E-state index contributed by atoms with van der Waals surface area (Å²) < 4.78 is 15.1. The van der Waals surface area contributed by atoms with E-state index in [1.54, 1.807) is 24.3 Å². The van der Waals surface area contributed by atoms with E-state index in [4.69, 9.17) is 9.47 Å². The Balaban J connectivity index is 1.33. The number of benzene rings is 3. The van der Waals surface area contributed by atoms with Crippen molar-refractivity contribution in [3.63, 3.8) is 0 Å². The van der Waals surface area contributed by atoms with Gasteiger partial charge in [-0.1, -0.05) is 36.4 Å². The van der Waals surface area contributed by atoms with Crippen molar-refractivity contribution in [1.82, 2.24) is 5.32 Å². The van der Waals surface area contributed by atoms with Crippen molar-refractivity contribution in [2.75, 3.05) is 6.61 Å². The number of aliphatic carboxylic acids is 1. The maximum Gasteiger partial charge on any atom is 0.352 e. The van der Waals surface area contributed by atoms with Crippen molar-refractivity contribution < 1.29 is 28.1 Å². The van der Waals surface area contributed by atoms with Crippen LogP contribution in [0, 0.1) is 0 Å². The van der Waals surface area contributed by atoms with E-state index in [0.717, 1.165) is 14.6 Å². The predicted molar refractivity (Wildman–Crippen MR) is 132 cm³/mol. The van der Waals surface area contributed by atoms with Crippen molar-refractivity contribution in [3.05, 3.63) is 94.7 Å². The maximum absolute atomic E-state index is 12.2. The molecule has 0 spiro atoms. The molecule has 0 aliphatic heterocycles. The minimum atomic E-state index is -1.25. The Labute approximate surface area is 208 Å². The molecule has 0 saturated heterocycles. The summed E-state index contributed by atoms with van der Waals surface area (Å²) in [5.74, 6) is -0.541. The minimum absolute atomic E-state index is 0.192. The summed E-state index contributed by atoms with van der Waals surface area (Å²) in [7, 11) is 0. The number of carbonyl (C=O) groups excluding carboxylic acids is 1. The van der Waals surface area contributed by atoms with Crippen LogP contribution in [0.1, 0.15) is 5.56 Å². The number of hydrogen-bond acceptors (Lipinski definition) is 5. The second kappa shape index (κ2) is 11.1. The number of nitrogens with one attached hydrogen (secondary N) is 1. The number of aromatic nitrogens is 1. The Morgan fingerprint density at radius 1 is 1.03 bits per heavy atom. The average Bonchev–Trinajstić information content (AvgIpc) is 3.24. The molecule has 0 unspecified atom stereocenters. The average molecular weight is 540 g/mol. The van der Waals surface area contributed by atoms with Crippen LogP contribution < -0.4 is 14.0 Å². The predicted octanol–water partition coefficient (Wildman–Crippen LogP) is 4.96. The highest BCUT2D eigenvalue weighted by Gasteiger charge is 2.14. The minimum Gasteiger partial charge on any atom is -0.477 e. The van der Waals surface area contributed by atoms with Crippen molar-refractivity contribution in [1.29, 1.82) is 0 Å². The third-order valence-corrected chi connectivity index (χ3v) is 6.30. The van der Waals surface area contributed by atoms with Gasteiger partial charge in [0, 0.05) is 0 Å². The van der Waals surface area contributed by atoms with Gasteiger partial charge in [0.1, 0.15) is 40.0 Å². The Morgan fingerprint density at radius 2 is 1.76 bits per heavy atom. The van der Waals surface area contributed by atoms with E-state index in [2.05, 4.69) is 21.2 Å². The van der Waals surface area contributed by atoms with Gasteiger partial charge in [0.05, 0.1) is 9.86 Å². The van der Waals surface area contributed by atoms with E-state index < -0.39 is 11.9 Å². The van der Waals surface area contributed by atoms with E-state index in [1.165, 1.54) is 17.6 Å². The molecule has 0 radical (unpaired) electrons. The van der Waals surface area contributed by atoms with E-state index >= 15 is 0 Å². The van der Waals surface area contributed by atoms with Crippen molar-refractivity contribution in [2.45, 2.75) is 6.73 Å². The number of ether oxygens (including phenoxy) is 2. The molecule has 0 atom stereocenters. The zero-order valence-corrected chi connectivity index (χ0v) is 20.2. The first-order valence-corrected chi connectivity index (χ1v) is 11.8. The topological polar surface area (TPSA) is 88.7 Å². The van der Waals surface area contributed by atoms with Gasteiger partial charge in [0.2, 0.25) is 0 Å². The Bertz CT molecular complexity index is 1320. The fourth-order valence-corrected chi connectivity index (χ4v) is 4.34. The van der Waals surface area contributed by atoms with Crippen LogP contribution in [0.3, 0.4) is 0 Å². The van der Waals surface area contributed by atoms with Gasteiger partial charge in [-0.3, -0.25) is 4.79 Å². The maximum atomic E-state index is 12.2. The zero-order chi connectivity index (χ0) is 23.9. The van der Waals surface area contributed by atoms with Crippen molar-refractivity contribution in [2.24, 2.45) is 0 Å². The normalized spacial score (nSPS) is 11.4. The molecule has 1 aromatic heterocycles. The van der Waals surface area contributed by atoms with Gasteiger partial charge in [0.15, 0.2) is 6.20 Å². The van der Waals surface area contributed by atoms with Crippen LogP contribution in [0.5, 0.6) is 11.5 Å². The van der Waals surface area contributed by atoms with Gasteiger partial charge in [-0.25, -0.2) is 4.79 Å². The van der Waals surface area contributed by atoms with E-state index in [0.29, 0.717) is 17.1 Å². The summed E-state index contributed by atoms with van der Waals surface area (Å²) >= 11 is 4.94. The van der Waals surface area contributed by atoms with Crippen molar-refractivity contribution in [3.8, 4) is 11.5 Å². The molecule has 1 amide bonds. The lowest BCUT2D eigenvalue weighted by Crippen LogP contribution is -2.34. The molecule has 4 aromatic rings. The summed E-state index contributed by atoms with van der Waals surface area (Å²) in [5, 5.41) is 13.0. The van der Waals surface area contributed by atoms with Gasteiger partial charge >= 0.3 is 5.97 Å². The number of carbonyl (C=O) groups is 2. The van der Waals surface area contributed by atoms with E-state index in [1.807, 2.05) is 58.7 Å². The molecule has 7 nitrogen and oxygen atoms in total.